The van der Waals surface area contributed by atoms with Crippen molar-refractivity contribution in [3.05, 3.63) is 53.6 Å². The Labute approximate surface area is 171 Å². The van der Waals surface area contributed by atoms with E-state index in [1.54, 1.807) is 37.3 Å². The minimum absolute atomic E-state index is 0.263. The number of hydrogen-bond donors (Lipinski definition) is 0. The fourth-order valence-electron chi connectivity index (χ4n) is 2.77. The number of carbonyl (C=O) groups is 2. The topological polar surface area (TPSA) is 68.3 Å². The molecule has 1 amide bonds. The van der Waals surface area contributed by atoms with Crippen LogP contribution in [0.25, 0.3) is 0 Å². The van der Waals surface area contributed by atoms with E-state index in [-0.39, 0.29) is 12.5 Å². The molecule has 0 bridgehead atoms. The minimum Gasteiger partial charge on any atom is -0.493 e. The smallest absolute Gasteiger partial charge is 0.338 e. The number of methoxy groups -OCH3 is 2. The zero-order valence-corrected chi connectivity index (χ0v) is 17.6. The van der Waals surface area contributed by atoms with Gasteiger partial charge in [0.05, 0.1) is 19.8 Å². The van der Waals surface area contributed by atoms with Crippen LogP contribution in [0.2, 0.25) is 0 Å². The highest BCUT2D eigenvalue weighted by atomic mass is 16.5. The highest BCUT2D eigenvalue weighted by molar-refractivity contribution is 5.91. The van der Waals surface area contributed by atoms with Gasteiger partial charge in [-0.1, -0.05) is 6.07 Å². The number of esters is 1. The second kappa shape index (κ2) is 10.4. The highest BCUT2D eigenvalue weighted by Crippen LogP contribution is 2.28. The van der Waals surface area contributed by atoms with Gasteiger partial charge in [0, 0.05) is 32.9 Å². The van der Waals surface area contributed by atoms with Gasteiger partial charge in [-0.3, -0.25) is 4.79 Å². The molecule has 0 aliphatic heterocycles. The van der Waals surface area contributed by atoms with Gasteiger partial charge >= 0.3 is 5.97 Å². The summed E-state index contributed by atoms with van der Waals surface area (Å²) in [5.41, 5.74) is 2.28. The average molecular weight is 400 g/mol. The van der Waals surface area contributed by atoms with Crippen LogP contribution in [0, 0.1) is 0 Å². The molecule has 0 aliphatic carbocycles. The van der Waals surface area contributed by atoms with Crippen LogP contribution >= 0.6 is 0 Å². The second-order valence-electron chi connectivity index (χ2n) is 6.61. The van der Waals surface area contributed by atoms with Gasteiger partial charge in [0.15, 0.2) is 18.1 Å². The molecule has 0 fully saturated rings. The van der Waals surface area contributed by atoms with Gasteiger partial charge in [0.2, 0.25) is 0 Å². The van der Waals surface area contributed by atoms with E-state index < -0.39 is 5.97 Å². The van der Waals surface area contributed by atoms with Gasteiger partial charge < -0.3 is 24.0 Å². The standard InChI is InChI=1S/C22H28N2O5/c1-6-24(14-16-7-12-19(27-4)20(13-16)28-5)21(25)15-29-22(26)17-8-10-18(11-9-17)23(2)3/h7-13H,6,14-15H2,1-5H3. The van der Waals surface area contributed by atoms with Gasteiger partial charge in [-0.2, -0.15) is 0 Å². The summed E-state index contributed by atoms with van der Waals surface area (Å²) in [6.45, 7) is 2.43. The fraction of sp³-hybridized carbons (Fsp3) is 0.364. The van der Waals surface area contributed by atoms with Crippen molar-refractivity contribution in [3.63, 3.8) is 0 Å². The van der Waals surface area contributed by atoms with Gasteiger partial charge in [-0.05, 0) is 48.9 Å². The molecule has 0 unspecified atom stereocenters. The zero-order valence-electron chi connectivity index (χ0n) is 17.6. The fourth-order valence-corrected chi connectivity index (χ4v) is 2.77. The summed E-state index contributed by atoms with van der Waals surface area (Å²) in [4.78, 5) is 28.3. The summed E-state index contributed by atoms with van der Waals surface area (Å²) >= 11 is 0. The lowest BCUT2D eigenvalue weighted by Gasteiger charge is -2.21. The van der Waals surface area contributed by atoms with Crippen molar-refractivity contribution >= 4 is 17.6 Å². The highest BCUT2D eigenvalue weighted by Gasteiger charge is 2.17. The number of benzene rings is 2. The van der Waals surface area contributed by atoms with Crippen LogP contribution in [0.4, 0.5) is 5.69 Å². The van der Waals surface area contributed by atoms with Crippen molar-refractivity contribution in [2.24, 2.45) is 0 Å². The Bertz CT molecular complexity index is 834. The van der Waals surface area contributed by atoms with Crippen LogP contribution < -0.4 is 14.4 Å². The first-order valence-electron chi connectivity index (χ1n) is 9.32. The summed E-state index contributed by atoms with van der Waals surface area (Å²) in [6, 6.07) is 12.5. The molecule has 2 aromatic rings. The number of likely N-dealkylation sites (N-methyl/N-ethyl adjacent to an activating group) is 1. The number of ether oxygens (including phenoxy) is 3. The summed E-state index contributed by atoms with van der Waals surface area (Å²) in [6.07, 6.45) is 0. The zero-order chi connectivity index (χ0) is 21.4. The predicted octanol–water partition coefficient (Wildman–Crippen LogP) is 2.98. The molecule has 0 aliphatic rings. The molecule has 0 N–H and O–H groups in total. The van der Waals surface area contributed by atoms with E-state index in [4.69, 9.17) is 14.2 Å². The molecule has 0 radical (unpaired) electrons. The van der Waals surface area contributed by atoms with E-state index in [2.05, 4.69) is 0 Å². The van der Waals surface area contributed by atoms with Crippen LogP contribution in [0.15, 0.2) is 42.5 Å². The molecular weight excluding hydrogens is 372 g/mol. The van der Waals surface area contributed by atoms with Crippen LogP contribution in [0.5, 0.6) is 11.5 Å². The predicted molar refractivity (Wildman–Crippen MR) is 112 cm³/mol. The third-order valence-electron chi connectivity index (χ3n) is 4.50. The lowest BCUT2D eigenvalue weighted by atomic mass is 10.2. The first-order valence-corrected chi connectivity index (χ1v) is 9.32. The summed E-state index contributed by atoms with van der Waals surface area (Å²) in [5, 5.41) is 0. The Kier molecular flexibility index (Phi) is 7.88. The molecular formula is C22H28N2O5. The number of hydrogen-bond acceptors (Lipinski definition) is 6. The molecule has 0 saturated heterocycles. The van der Waals surface area contributed by atoms with Crippen LogP contribution in [-0.2, 0) is 16.1 Å². The lowest BCUT2D eigenvalue weighted by molar-refractivity contribution is -0.134. The molecule has 0 heterocycles. The van der Waals surface area contributed by atoms with Crippen molar-refractivity contribution in [2.75, 3.05) is 46.4 Å². The van der Waals surface area contributed by atoms with E-state index in [1.807, 2.05) is 50.2 Å². The van der Waals surface area contributed by atoms with Gasteiger partial charge in [-0.15, -0.1) is 0 Å². The maximum atomic E-state index is 12.5. The van der Waals surface area contributed by atoms with Gasteiger partial charge in [-0.25, -0.2) is 4.79 Å². The van der Waals surface area contributed by atoms with E-state index in [0.717, 1.165) is 11.3 Å². The van der Waals surface area contributed by atoms with E-state index in [1.165, 1.54) is 0 Å². The maximum absolute atomic E-state index is 12.5. The molecule has 0 aromatic heterocycles. The second-order valence-corrected chi connectivity index (χ2v) is 6.61. The molecule has 29 heavy (non-hydrogen) atoms. The number of carbonyl (C=O) groups excluding carboxylic acids is 2. The minimum atomic E-state index is -0.522. The number of amides is 1. The summed E-state index contributed by atoms with van der Waals surface area (Å²) in [7, 11) is 6.98. The van der Waals surface area contributed by atoms with Crippen molar-refractivity contribution < 1.29 is 23.8 Å². The van der Waals surface area contributed by atoms with Gasteiger partial charge in [0.1, 0.15) is 0 Å². The third kappa shape index (κ3) is 5.88. The number of anilines is 1. The molecule has 7 nitrogen and oxygen atoms in total. The number of nitrogens with zero attached hydrogens (tertiary/aromatic N) is 2. The Hall–Kier alpha value is -3.22. The summed E-state index contributed by atoms with van der Waals surface area (Å²) < 4.78 is 15.7. The first-order chi connectivity index (χ1) is 13.9. The Morgan fingerprint density at radius 2 is 1.59 bits per heavy atom. The maximum Gasteiger partial charge on any atom is 0.338 e. The van der Waals surface area contributed by atoms with E-state index in [9.17, 15) is 9.59 Å². The first kappa shape index (κ1) is 22.1. The molecule has 0 atom stereocenters. The number of rotatable bonds is 9. The van der Waals surface area contributed by atoms with Crippen molar-refractivity contribution in [1.82, 2.24) is 4.90 Å². The Balaban J connectivity index is 1.96. The van der Waals surface area contributed by atoms with Crippen molar-refractivity contribution in [1.29, 1.82) is 0 Å². The molecule has 156 valence electrons. The Morgan fingerprint density at radius 3 is 2.14 bits per heavy atom. The molecule has 2 rings (SSSR count). The van der Waals surface area contributed by atoms with Crippen molar-refractivity contribution in [3.8, 4) is 11.5 Å². The van der Waals surface area contributed by atoms with E-state index >= 15 is 0 Å². The van der Waals surface area contributed by atoms with Gasteiger partial charge in [0.25, 0.3) is 5.91 Å². The SMILES string of the molecule is CCN(Cc1ccc(OC)c(OC)c1)C(=O)COC(=O)c1ccc(N(C)C)cc1. The molecule has 0 saturated carbocycles. The van der Waals surface area contributed by atoms with E-state index in [0.29, 0.717) is 30.2 Å². The Morgan fingerprint density at radius 1 is 0.931 bits per heavy atom. The monoisotopic (exact) mass is 400 g/mol. The normalized spacial score (nSPS) is 10.2. The van der Waals surface area contributed by atoms with Crippen molar-refractivity contribution in [2.45, 2.75) is 13.5 Å². The van der Waals surface area contributed by atoms with Crippen LogP contribution in [-0.4, -0.2) is 58.2 Å². The molecule has 0 spiro atoms. The summed E-state index contributed by atoms with van der Waals surface area (Å²) in [5.74, 6) is 0.437. The molecule has 2 aromatic carbocycles. The largest absolute Gasteiger partial charge is 0.493 e. The lowest BCUT2D eigenvalue weighted by Crippen LogP contribution is -2.34. The quantitative estimate of drug-likeness (QED) is 0.603. The van der Waals surface area contributed by atoms with Crippen LogP contribution in [0.3, 0.4) is 0 Å². The molecule has 7 heteroatoms. The van der Waals surface area contributed by atoms with Crippen LogP contribution in [0.1, 0.15) is 22.8 Å². The average Bonchev–Trinajstić information content (AvgIpc) is 2.75. The third-order valence-corrected chi connectivity index (χ3v) is 4.50.